The van der Waals surface area contributed by atoms with Crippen LogP contribution in [0.25, 0.3) is 10.9 Å². The molecule has 1 fully saturated rings. The van der Waals surface area contributed by atoms with Crippen molar-refractivity contribution in [1.29, 1.82) is 0 Å². The summed E-state index contributed by atoms with van der Waals surface area (Å²) in [6.07, 6.45) is 6.17. The zero-order valence-corrected chi connectivity index (χ0v) is 21.5. The number of halogens is 1. The average molecular weight is 526 g/mol. The summed E-state index contributed by atoms with van der Waals surface area (Å²) in [6, 6.07) is 9.65. The molecule has 1 amide bonds. The number of amides is 1. The molecule has 0 bridgehead atoms. The van der Waals surface area contributed by atoms with Crippen LogP contribution in [0, 0.1) is 11.8 Å². The number of pyridine rings is 1. The summed E-state index contributed by atoms with van der Waals surface area (Å²) >= 11 is 6.57. The van der Waals surface area contributed by atoms with Gasteiger partial charge in [0.05, 0.1) is 53.2 Å². The summed E-state index contributed by atoms with van der Waals surface area (Å²) in [5.74, 6) is 7.35. The van der Waals surface area contributed by atoms with Gasteiger partial charge in [-0.1, -0.05) is 29.5 Å². The van der Waals surface area contributed by atoms with Crippen LogP contribution in [0.2, 0.25) is 5.02 Å². The predicted molar refractivity (Wildman–Crippen MR) is 143 cm³/mol. The van der Waals surface area contributed by atoms with Gasteiger partial charge in [-0.25, -0.2) is 4.98 Å². The van der Waals surface area contributed by atoms with E-state index in [1.165, 1.54) is 12.8 Å². The smallest absolute Gasteiger partial charge is 0.255 e. The Kier molecular flexibility index (Phi) is 5.32. The molecule has 2 aromatic heterocycles. The lowest BCUT2D eigenvalue weighted by molar-refractivity contribution is 0.0709. The van der Waals surface area contributed by atoms with Crippen LogP contribution in [-0.4, -0.2) is 39.2 Å². The molecule has 4 heterocycles. The Bertz CT molecular complexity index is 1700. The Balaban J connectivity index is 1.14. The van der Waals surface area contributed by atoms with Crippen LogP contribution in [0.3, 0.4) is 0 Å². The maximum Gasteiger partial charge on any atom is 0.255 e. The van der Waals surface area contributed by atoms with Crippen LogP contribution < -0.4 is 10.5 Å². The highest BCUT2D eigenvalue weighted by atomic mass is 35.5. The van der Waals surface area contributed by atoms with Crippen molar-refractivity contribution in [2.45, 2.75) is 38.1 Å². The molecule has 4 aromatic rings. The third-order valence-corrected chi connectivity index (χ3v) is 7.79. The zero-order valence-electron chi connectivity index (χ0n) is 20.7. The lowest BCUT2D eigenvalue weighted by Crippen LogP contribution is -2.32. The van der Waals surface area contributed by atoms with Crippen molar-refractivity contribution in [3.05, 3.63) is 81.1 Å². The van der Waals surface area contributed by atoms with Gasteiger partial charge >= 0.3 is 0 Å². The largest absolute Gasteiger partial charge is 0.491 e. The molecule has 7 rings (SSSR count). The lowest BCUT2D eigenvalue weighted by Gasteiger charge is -2.24. The predicted octanol–water partition coefficient (Wildman–Crippen LogP) is 4.64. The maximum absolute atomic E-state index is 13.6. The molecule has 1 atom stereocenters. The fraction of sp³-hybridized carbons (Fsp3) is 0.276. The molecule has 0 saturated heterocycles. The Morgan fingerprint density at radius 1 is 1.16 bits per heavy atom. The molecule has 3 aliphatic rings. The summed E-state index contributed by atoms with van der Waals surface area (Å²) in [7, 11) is 1.77. The zero-order chi connectivity index (χ0) is 26.0. The van der Waals surface area contributed by atoms with E-state index >= 15 is 0 Å². The Morgan fingerprint density at radius 3 is 2.82 bits per heavy atom. The van der Waals surface area contributed by atoms with Crippen molar-refractivity contribution in [3.8, 4) is 17.6 Å². The number of ether oxygens (including phenoxy) is 2. The van der Waals surface area contributed by atoms with Gasteiger partial charge in [-0.2, -0.15) is 5.10 Å². The van der Waals surface area contributed by atoms with Crippen LogP contribution >= 0.6 is 11.6 Å². The number of benzene rings is 2. The highest BCUT2D eigenvalue weighted by molar-refractivity contribution is 6.34. The molecular formula is C29H24ClN5O3. The number of hydrogen-bond acceptors (Lipinski definition) is 6. The lowest BCUT2D eigenvalue weighted by atomic mass is 10.0. The molecule has 2 aromatic carbocycles. The van der Waals surface area contributed by atoms with E-state index in [9.17, 15) is 4.79 Å². The first kappa shape index (κ1) is 23.1. The van der Waals surface area contributed by atoms with E-state index in [4.69, 9.17) is 26.8 Å². The molecule has 38 heavy (non-hydrogen) atoms. The van der Waals surface area contributed by atoms with Gasteiger partial charge in [-0.15, -0.1) is 0 Å². The normalized spacial score (nSPS) is 17.5. The van der Waals surface area contributed by atoms with E-state index in [0.717, 1.165) is 39.0 Å². The monoisotopic (exact) mass is 525 g/mol. The van der Waals surface area contributed by atoms with Crippen LogP contribution in [0.1, 0.15) is 63.1 Å². The molecule has 1 unspecified atom stereocenters. The number of rotatable bonds is 3. The highest BCUT2D eigenvalue weighted by Crippen LogP contribution is 2.39. The van der Waals surface area contributed by atoms with E-state index in [1.54, 1.807) is 30.3 Å². The maximum atomic E-state index is 13.6. The van der Waals surface area contributed by atoms with E-state index in [2.05, 4.69) is 21.9 Å². The van der Waals surface area contributed by atoms with E-state index in [1.807, 2.05) is 29.1 Å². The first-order valence-corrected chi connectivity index (χ1v) is 12.9. The van der Waals surface area contributed by atoms with Crippen molar-refractivity contribution in [2.24, 2.45) is 0 Å². The number of hydrogen-bond donors (Lipinski definition) is 1. The van der Waals surface area contributed by atoms with E-state index in [-0.39, 0.29) is 11.9 Å². The third kappa shape index (κ3) is 3.87. The second-order valence-electron chi connectivity index (χ2n) is 9.98. The van der Waals surface area contributed by atoms with Crippen LogP contribution in [0.4, 0.5) is 5.82 Å². The quantitative estimate of drug-likeness (QED) is 0.392. The Morgan fingerprint density at radius 2 is 1.97 bits per heavy atom. The molecule has 0 spiro atoms. The van der Waals surface area contributed by atoms with Crippen LogP contribution in [0.15, 0.2) is 42.7 Å². The molecule has 8 nitrogen and oxygen atoms in total. The second kappa shape index (κ2) is 8.76. The number of nitrogens with zero attached hydrogens (tertiary/aromatic N) is 4. The minimum atomic E-state index is -0.248. The SMILES string of the molecule is CN(C(=O)c1cc2c3c(c(N)nc2cc1Cl)COC3)C1COc2cc(C#Cc3cnn(C4CC4)c3)ccc21. The number of carbonyl (C=O) groups is 1. The summed E-state index contributed by atoms with van der Waals surface area (Å²) in [5, 5.41) is 5.55. The van der Waals surface area contributed by atoms with Crippen LogP contribution in [-0.2, 0) is 18.0 Å². The van der Waals surface area contributed by atoms with Gasteiger partial charge in [0.15, 0.2) is 0 Å². The molecule has 0 radical (unpaired) electrons. The average Bonchev–Trinajstić information content (AvgIpc) is 3.30. The van der Waals surface area contributed by atoms with Gasteiger partial charge in [-0.3, -0.25) is 9.48 Å². The molecule has 2 N–H and O–H groups in total. The van der Waals surface area contributed by atoms with Crippen LogP contribution in [0.5, 0.6) is 5.75 Å². The van der Waals surface area contributed by atoms with Crippen molar-refractivity contribution in [2.75, 3.05) is 19.4 Å². The van der Waals surface area contributed by atoms with E-state index < -0.39 is 0 Å². The number of carbonyl (C=O) groups excluding carboxylic acids is 1. The Labute approximate surface area is 224 Å². The van der Waals surface area contributed by atoms with Crippen molar-refractivity contribution >= 4 is 34.2 Å². The summed E-state index contributed by atoms with van der Waals surface area (Å²) in [4.78, 5) is 19.8. The standard InChI is InChI=1S/C29H24ClN5O3/c1-34(29(36)21-9-20-22-13-37-14-23(22)28(31)33-25(20)10-24(21)30)26-15-38-27-8-16(4-7-19(26)27)2-3-17-11-32-35(12-17)18-5-6-18/h4,7-12,18,26H,5-6,13-15H2,1H3,(H2,31,33). The molecule has 1 aliphatic carbocycles. The number of nitrogen functional groups attached to an aromatic ring is 1. The van der Waals surface area contributed by atoms with Gasteiger partial charge in [0, 0.05) is 35.3 Å². The van der Waals surface area contributed by atoms with Gasteiger partial charge in [0.2, 0.25) is 0 Å². The van der Waals surface area contributed by atoms with Gasteiger partial charge in [-0.05, 0) is 42.7 Å². The van der Waals surface area contributed by atoms with Gasteiger partial charge < -0.3 is 20.1 Å². The first-order chi connectivity index (χ1) is 18.5. The summed E-state index contributed by atoms with van der Waals surface area (Å²) in [5.41, 5.74) is 11.7. The fourth-order valence-electron chi connectivity index (χ4n) is 5.16. The number of anilines is 1. The number of likely N-dealkylation sites (N-methyl/N-ethyl adjacent to an activating group) is 1. The van der Waals surface area contributed by atoms with Gasteiger partial charge in [0.1, 0.15) is 18.2 Å². The van der Waals surface area contributed by atoms with Crippen molar-refractivity contribution in [1.82, 2.24) is 19.7 Å². The molecule has 9 heteroatoms. The molecular weight excluding hydrogens is 502 g/mol. The molecule has 1 saturated carbocycles. The van der Waals surface area contributed by atoms with Gasteiger partial charge in [0.25, 0.3) is 5.91 Å². The second-order valence-corrected chi connectivity index (χ2v) is 10.4. The summed E-state index contributed by atoms with van der Waals surface area (Å²) in [6.45, 7) is 1.21. The Hall–Kier alpha value is -4.06. The number of aromatic nitrogens is 3. The summed E-state index contributed by atoms with van der Waals surface area (Å²) < 4.78 is 13.6. The van der Waals surface area contributed by atoms with Crippen molar-refractivity contribution < 1.29 is 14.3 Å². The molecule has 2 aliphatic heterocycles. The minimum Gasteiger partial charge on any atom is -0.491 e. The van der Waals surface area contributed by atoms with E-state index in [0.29, 0.717) is 47.8 Å². The van der Waals surface area contributed by atoms with Crippen molar-refractivity contribution in [3.63, 3.8) is 0 Å². The fourth-order valence-corrected chi connectivity index (χ4v) is 5.40. The highest BCUT2D eigenvalue weighted by Gasteiger charge is 2.32. The topological polar surface area (TPSA) is 95.5 Å². The first-order valence-electron chi connectivity index (χ1n) is 12.5. The minimum absolute atomic E-state index is 0.195. The third-order valence-electron chi connectivity index (χ3n) is 7.48. The number of nitrogens with two attached hydrogens (primary N) is 1. The molecule has 190 valence electrons. The number of fused-ring (bicyclic) bond motifs is 4.